The highest BCUT2D eigenvalue weighted by atomic mass is 16.5. The third kappa shape index (κ3) is 2.89. The fourth-order valence-corrected chi connectivity index (χ4v) is 5.48. The van der Waals surface area contributed by atoms with Crippen LogP contribution >= 0.6 is 0 Å². The molecule has 2 unspecified atom stereocenters. The van der Waals surface area contributed by atoms with Crippen LogP contribution in [-0.2, 0) is 4.74 Å². The van der Waals surface area contributed by atoms with Crippen LogP contribution in [0.15, 0.2) is 0 Å². The molecular formula is C18H34N2O. The molecule has 1 aliphatic heterocycles. The van der Waals surface area contributed by atoms with Gasteiger partial charge in [-0.3, -0.25) is 4.90 Å². The Morgan fingerprint density at radius 1 is 0.952 bits per heavy atom. The molecule has 2 saturated carbocycles. The molecule has 1 saturated heterocycles. The van der Waals surface area contributed by atoms with E-state index in [4.69, 9.17) is 10.5 Å². The number of hydrogen-bond donors (Lipinski definition) is 1. The molecule has 0 bridgehead atoms. The molecule has 3 heteroatoms. The maximum Gasteiger partial charge on any atom is 0.0767 e. The Hall–Kier alpha value is -0.120. The van der Waals surface area contributed by atoms with Crippen LogP contribution in [0.5, 0.6) is 0 Å². The third-order valence-electron chi connectivity index (χ3n) is 6.93. The number of likely N-dealkylation sites (tertiary alicyclic amines) is 1. The SMILES string of the molecule is COC1CCCCC1(CN)N1CCC2(CCCCC2)CC1. The first-order chi connectivity index (χ1) is 10.2. The van der Waals surface area contributed by atoms with E-state index < -0.39 is 0 Å². The van der Waals surface area contributed by atoms with Crippen LogP contribution in [0.1, 0.15) is 70.6 Å². The zero-order valence-corrected chi connectivity index (χ0v) is 13.9. The molecule has 2 aliphatic carbocycles. The number of ether oxygens (including phenoxy) is 1. The van der Waals surface area contributed by atoms with Crippen molar-refractivity contribution in [3.63, 3.8) is 0 Å². The van der Waals surface area contributed by atoms with E-state index in [0.717, 1.165) is 6.54 Å². The summed E-state index contributed by atoms with van der Waals surface area (Å²) in [5.74, 6) is 0. The van der Waals surface area contributed by atoms with E-state index in [2.05, 4.69) is 4.90 Å². The molecule has 2 atom stereocenters. The number of rotatable bonds is 3. The summed E-state index contributed by atoms with van der Waals surface area (Å²) < 4.78 is 5.87. The molecule has 21 heavy (non-hydrogen) atoms. The van der Waals surface area contributed by atoms with E-state index in [-0.39, 0.29) is 5.54 Å². The molecule has 0 aromatic heterocycles. The summed E-state index contributed by atoms with van der Waals surface area (Å²) in [6, 6.07) is 0. The molecule has 2 N–H and O–H groups in total. The van der Waals surface area contributed by atoms with Crippen molar-refractivity contribution in [2.75, 3.05) is 26.7 Å². The fraction of sp³-hybridized carbons (Fsp3) is 1.00. The highest BCUT2D eigenvalue weighted by Gasteiger charge is 2.47. The monoisotopic (exact) mass is 294 g/mol. The first kappa shape index (κ1) is 15.8. The van der Waals surface area contributed by atoms with Gasteiger partial charge in [-0.25, -0.2) is 0 Å². The van der Waals surface area contributed by atoms with Gasteiger partial charge in [0, 0.05) is 13.7 Å². The number of nitrogens with zero attached hydrogens (tertiary/aromatic N) is 1. The molecule has 3 aliphatic rings. The fourth-order valence-electron chi connectivity index (χ4n) is 5.48. The van der Waals surface area contributed by atoms with Crippen molar-refractivity contribution in [3.05, 3.63) is 0 Å². The van der Waals surface area contributed by atoms with E-state index >= 15 is 0 Å². The Morgan fingerprint density at radius 2 is 1.62 bits per heavy atom. The largest absolute Gasteiger partial charge is 0.379 e. The van der Waals surface area contributed by atoms with Crippen LogP contribution in [0.4, 0.5) is 0 Å². The Labute approximate surface area is 130 Å². The van der Waals surface area contributed by atoms with Crippen molar-refractivity contribution in [1.82, 2.24) is 4.90 Å². The van der Waals surface area contributed by atoms with Crippen molar-refractivity contribution in [2.24, 2.45) is 11.1 Å². The quantitative estimate of drug-likeness (QED) is 0.868. The molecule has 1 heterocycles. The summed E-state index contributed by atoms with van der Waals surface area (Å²) in [6.45, 7) is 3.26. The normalized spacial score (nSPS) is 37.7. The highest BCUT2D eigenvalue weighted by molar-refractivity contribution is 5.03. The molecule has 0 aromatic rings. The Morgan fingerprint density at radius 3 is 2.24 bits per heavy atom. The molecule has 0 amide bonds. The van der Waals surface area contributed by atoms with Gasteiger partial charge in [-0.1, -0.05) is 32.1 Å². The van der Waals surface area contributed by atoms with Gasteiger partial charge >= 0.3 is 0 Å². The van der Waals surface area contributed by atoms with Gasteiger partial charge in [0.15, 0.2) is 0 Å². The minimum Gasteiger partial charge on any atom is -0.379 e. The van der Waals surface area contributed by atoms with Crippen molar-refractivity contribution >= 4 is 0 Å². The second-order valence-electron chi connectivity index (χ2n) is 7.83. The zero-order chi connectivity index (χ0) is 14.8. The van der Waals surface area contributed by atoms with Crippen molar-refractivity contribution in [2.45, 2.75) is 82.3 Å². The Balaban J connectivity index is 1.68. The standard InChI is InChI=1S/C18H34N2O/c1-21-16-7-3-6-10-18(16,15-19)20-13-11-17(12-14-20)8-4-2-5-9-17/h16H,2-15,19H2,1H3. The zero-order valence-electron chi connectivity index (χ0n) is 13.9. The maximum absolute atomic E-state index is 6.28. The molecule has 122 valence electrons. The number of piperidine rings is 1. The molecule has 1 spiro atoms. The second-order valence-corrected chi connectivity index (χ2v) is 7.83. The van der Waals surface area contributed by atoms with Gasteiger partial charge in [-0.2, -0.15) is 0 Å². The van der Waals surface area contributed by atoms with Crippen LogP contribution in [-0.4, -0.2) is 43.3 Å². The summed E-state index contributed by atoms with van der Waals surface area (Å²) in [6.07, 6.45) is 15.5. The minimum atomic E-state index is 0.128. The Bertz CT molecular complexity index is 330. The lowest BCUT2D eigenvalue weighted by atomic mass is 9.66. The average molecular weight is 294 g/mol. The lowest BCUT2D eigenvalue weighted by Gasteiger charge is -2.55. The molecule has 3 nitrogen and oxygen atoms in total. The van der Waals surface area contributed by atoms with Gasteiger partial charge in [0.05, 0.1) is 11.6 Å². The second kappa shape index (κ2) is 6.55. The molecule has 0 aromatic carbocycles. The third-order valence-corrected chi connectivity index (χ3v) is 6.93. The molecule has 0 radical (unpaired) electrons. The lowest BCUT2D eigenvalue weighted by molar-refractivity contribution is -0.0966. The van der Waals surface area contributed by atoms with Crippen molar-refractivity contribution in [1.29, 1.82) is 0 Å². The van der Waals surface area contributed by atoms with Gasteiger partial charge in [-0.15, -0.1) is 0 Å². The minimum absolute atomic E-state index is 0.128. The van der Waals surface area contributed by atoms with E-state index in [0.29, 0.717) is 11.5 Å². The highest BCUT2D eigenvalue weighted by Crippen LogP contribution is 2.47. The van der Waals surface area contributed by atoms with E-state index in [9.17, 15) is 0 Å². The van der Waals surface area contributed by atoms with Crippen LogP contribution in [0, 0.1) is 5.41 Å². The summed E-state index contributed by atoms with van der Waals surface area (Å²) >= 11 is 0. The van der Waals surface area contributed by atoms with Crippen molar-refractivity contribution in [3.8, 4) is 0 Å². The van der Waals surface area contributed by atoms with E-state index in [1.54, 1.807) is 0 Å². The van der Waals surface area contributed by atoms with Gasteiger partial charge in [-0.05, 0) is 57.0 Å². The van der Waals surface area contributed by atoms with Gasteiger partial charge in [0.25, 0.3) is 0 Å². The van der Waals surface area contributed by atoms with Gasteiger partial charge in [0.2, 0.25) is 0 Å². The number of nitrogens with two attached hydrogens (primary N) is 1. The lowest BCUT2D eigenvalue weighted by Crippen LogP contribution is -2.65. The topological polar surface area (TPSA) is 38.5 Å². The predicted octanol–water partition coefficient (Wildman–Crippen LogP) is 3.32. The molecule has 3 rings (SSSR count). The summed E-state index contributed by atoms with van der Waals surface area (Å²) in [5.41, 5.74) is 7.09. The molecule has 3 fully saturated rings. The van der Waals surface area contributed by atoms with Gasteiger partial charge < -0.3 is 10.5 Å². The van der Waals surface area contributed by atoms with Crippen molar-refractivity contribution < 1.29 is 4.74 Å². The van der Waals surface area contributed by atoms with E-state index in [1.807, 2.05) is 7.11 Å². The Kier molecular flexibility index (Phi) is 4.92. The van der Waals surface area contributed by atoms with Crippen LogP contribution < -0.4 is 5.73 Å². The first-order valence-electron chi connectivity index (χ1n) is 9.23. The van der Waals surface area contributed by atoms with Gasteiger partial charge in [0.1, 0.15) is 0 Å². The van der Waals surface area contributed by atoms with Crippen LogP contribution in [0.2, 0.25) is 0 Å². The van der Waals surface area contributed by atoms with E-state index in [1.165, 1.54) is 83.7 Å². The summed E-state index contributed by atoms with van der Waals surface area (Å²) in [5, 5.41) is 0. The number of methoxy groups -OCH3 is 1. The van der Waals surface area contributed by atoms with Crippen LogP contribution in [0.25, 0.3) is 0 Å². The van der Waals surface area contributed by atoms with Crippen LogP contribution in [0.3, 0.4) is 0 Å². The predicted molar refractivity (Wildman–Crippen MR) is 87.4 cm³/mol. The first-order valence-corrected chi connectivity index (χ1v) is 9.23. The summed E-state index contributed by atoms with van der Waals surface area (Å²) in [4.78, 5) is 2.72. The number of hydrogen-bond acceptors (Lipinski definition) is 3. The smallest absolute Gasteiger partial charge is 0.0767 e. The average Bonchev–Trinajstić information content (AvgIpc) is 2.56. The maximum atomic E-state index is 6.28. The molecular weight excluding hydrogens is 260 g/mol. The summed E-state index contributed by atoms with van der Waals surface area (Å²) in [7, 11) is 1.88.